The molecule has 0 aliphatic rings. The van der Waals surface area contributed by atoms with Gasteiger partial charge in [-0.3, -0.25) is 5.43 Å². The summed E-state index contributed by atoms with van der Waals surface area (Å²) in [7, 11) is 0. The molecule has 0 aliphatic carbocycles. The molecule has 0 bridgehead atoms. The molecule has 0 saturated carbocycles. The zero-order chi connectivity index (χ0) is 16.4. The first-order valence-corrected chi connectivity index (χ1v) is 7.79. The van der Waals surface area contributed by atoms with Gasteiger partial charge in [0.1, 0.15) is 0 Å². The Hall–Kier alpha value is -2.20. The first-order valence-electron chi connectivity index (χ1n) is 7.38. The summed E-state index contributed by atoms with van der Waals surface area (Å²) in [6.07, 6.45) is 1.73. The Morgan fingerprint density at radius 2 is 1.55 bits per heavy atom. The number of nitrogens with zero attached hydrogens (tertiary/aromatic N) is 1. The molecule has 0 aliphatic heterocycles. The predicted octanol–water partition coefficient (Wildman–Crippen LogP) is 4.65. The van der Waals surface area contributed by atoms with Crippen LogP contribution in [0.4, 0.5) is 5.69 Å². The molecule has 2 N–H and O–H groups in total. The van der Waals surface area contributed by atoms with E-state index < -0.39 is 0 Å². The number of hydrazone groups is 1. The number of hydrogen-bond donors (Lipinski definition) is 2. The molecule has 4 heteroatoms. The van der Waals surface area contributed by atoms with Crippen molar-refractivity contribution in [2.45, 2.75) is 27.7 Å². The van der Waals surface area contributed by atoms with Crippen molar-refractivity contribution in [3.05, 3.63) is 65.2 Å². The van der Waals surface area contributed by atoms with E-state index in [2.05, 4.69) is 15.8 Å². The van der Waals surface area contributed by atoms with Gasteiger partial charge in [-0.15, -0.1) is 0 Å². The van der Waals surface area contributed by atoms with Crippen LogP contribution in [0.1, 0.15) is 30.5 Å². The lowest BCUT2D eigenvalue weighted by Crippen LogP contribution is -2.24. The van der Waals surface area contributed by atoms with Crippen LogP contribution in [0.25, 0.3) is 0 Å². The molecular formula is C18H23N3S. The van der Waals surface area contributed by atoms with Crippen molar-refractivity contribution < 1.29 is 0 Å². The molecule has 2 aromatic carbocycles. The van der Waals surface area contributed by atoms with Crippen LogP contribution in [-0.4, -0.2) is 11.3 Å². The van der Waals surface area contributed by atoms with Gasteiger partial charge in [-0.05, 0) is 42.8 Å². The van der Waals surface area contributed by atoms with Crippen LogP contribution >= 0.6 is 12.2 Å². The predicted molar refractivity (Wildman–Crippen MR) is 101 cm³/mol. The highest BCUT2D eigenvalue weighted by molar-refractivity contribution is 7.80. The third-order valence-electron chi connectivity index (χ3n) is 2.90. The summed E-state index contributed by atoms with van der Waals surface area (Å²) in [5.74, 6) is 0. The van der Waals surface area contributed by atoms with Crippen molar-refractivity contribution in [1.29, 1.82) is 0 Å². The summed E-state index contributed by atoms with van der Waals surface area (Å²) in [6.45, 7) is 8.09. The Kier molecular flexibility index (Phi) is 7.86. The summed E-state index contributed by atoms with van der Waals surface area (Å²) in [5.41, 5.74) is 7.18. The second kappa shape index (κ2) is 9.68. The van der Waals surface area contributed by atoms with E-state index >= 15 is 0 Å². The number of nitrogens with one attached hydrogen (secondary N) is 2. The molecule has 0 atom stereocenters. The van der Waals surface area contributed by atoms with Gasteiger partial charge in [-0.1, -0.05) is 62.4 Å². The number of anilines is 1. The summed E-state index contributed by atoms with van der Waals surface area (Å²) in [6, 6.07) is 16.0. The number of para-hydroxylation sites is 1. The maximum atomic E-state index is 5.23. The molecule has 116 valence electrons. The van der Waals surface area contributed by atoms with E-state index in [1.54, 1.807) is 6.21 Å². The number of thiocarbonyl (C=S) groups is 1. The van der Waals surface area contributed by atoms with Gasteiger partial charge in [0.25, 0.3) is 0 Å². The van der Waals surface area contributed by atoms with Gasteiger partial charge in [0.15, 0.2) is 5.11 Å². The van der Waals surface area contributed by atoms with Gasteiger partial charge >= 0.3 is 0 Å². The van der Waals surface area contributed by atoms with Gasteiger partial charge in [0, 0.05) is 5.69 Å². The minimum atomic E-state index is 0.481. The Labute approximate surface area is 138 Å². The van der Waals surface area contributed by atoms with Crippen LogP contribution in [0.3, 0.4) is 0 Å². The second-order valence-electron chi connectivity index (χ2n) is 4.50. The summed E-state index contributed by atoms with van der Waals surface area (Å²) in [5, 5.41) is 7.77. The number of benzene rings is 2. The van der Waals surface area contributed by atoms with Crippen LogP contribution < -0.4 is 10.7 Å². The first-order chi connectivity index (χ1) is 10.7. The number of aryl methyl sites for hydroxylation is 2. The molecular weight excluding hydrogens is 290 g/mol. The van der Waals surface area contributed by atoms with Crippen molar-refractivity contribution in [1.82, 2.24) is 5.43 Å². The molecule has 0 fully saturated rings. The average Bonchev–Trinajstić information content (AvgIpc) is 2.54. The monoisotopic (exact) mass is 313 g/mol. The standard InChI is InChI=1S/C16H17N3S.C2H6/c1-12-7-6-8-13(2)15(12)18-16(20)19-17-11-14-9-4-3-5-10-14;1-2/h3-11H,1-2H3,(H2,18,19,20);1-2H3/b17-11+;. The molecule has 0 radical (unpaired) electrons. The minimum Gasteiger partial charge on any atom is -0.331 e. The average molecular weight is 313 g/mol. The van der Waals surface area contributed by atoms with Crippen molar-refractivity contribution in [3.8, 4) is 0 Å². The highest BCUT2D eigenvalue weighted by Crippen LogP contribution is 2.18. The lowest BCUT2D eigenvalue weighted by Gasteiger charge is -2.12. The smallest absolute Gasteiger partial charge is 0.191 e. The third kappa shape index (κ3) is 5.66. The van der Waals surface area contributed by atoms with E-state index in [1.165, 1.54) is 0 Å². The molecule has 2 rings (SSSR count). The molecule has 0 unspecified atom stereocenters. The normalized spacial score (nSPS) is 9.82. The molecule has 0 amide bonds. The molecule has 0 heterocycles. The van der Waals surface area contributed by atoms with E-state index in [1.807, 2.05) is 76.2 Å². The minimum absolute atomic E-state index is 0.481. The first kappa shape index (κ1) is 17.9. The van der Waals surface area contributed by atoms with E-state index in [4.69, 9.17) is 12.2 Å². The van der Waals surface area contributed by atoms with Gasteiger partial charge in [-0.25, -0.2) is 0 Å². The summed E-state index contributed by atoms with van der Waals surface area (Å²) in [4.78, 5) is 0. The third-order valence-corrected chi connectivity index (χ3v) is 3.09. The Morgan fingerprint density at radius 3 is 2.14 bits per heavy atom. The molecule has 0 aromatic heterocycles. The van der Waals surface area contributed by atoms with Crippen molar-refractivity contribution in [2.75, 3.05) is 5.32 Å². The second-order valence-corrected chi connectivity index (χ2v) is 4.91. The fourth-order valence-electron chi connectivity index (χ4n) is 1.86. The molecule has 0 saturated heterocycles. The van der Waals surface area contributed by atoms with Crippen LogP contribution in [0.2, 0.25) is 0 Å². The summed E-state index contributed by atoms with van der Waals surface area (Å²) < 4.78 is 0. The van der Waals surface area contributed by atoms with Crippen LogP contribution in [0.5, 0.6) is 0 Å². The lowest BCUT2D eigenvalue weighted by atomic mass is 10.1. The van der Waals surface area contributed by atoms with Crippen molar-refractivity contribution in [2.24, 2.45) is 5.10 Å². The van der Waals surface area contributed by atoms with Gasteiger partial charge in [0.2, 0.25) is 0 Å². The quantitative estimate of drug-likeness (QED) is 0.492. The molecule has 3 nitrogen and oxygen atoms in total. The van der Waals surface area contributed by atoms with Gasteiger partial charge < -0.3 is 5.32 Å². The fourth-order valence-corrected chi connectivity index (χ4v) is 2.01. The highest BCUT2D eigenvalue weighted by atomic mass is 32.1. The zero-order valence-corrected chi connectivity index (χ0v) is 14.4. The largest absolute Gasteiger partial charge is 0.331 e. The van der Waals surface area contributed by atoms with E-state index in [0.717, 1.165) is 22.4 Å². The van der Waals surface area contributed by atoms with E-state index in [0.29, 0.717) is 5.11 Å². The van der Waals surface area contributed by atoms with Crippen LogP contribution in [0.15, 0.2) is 53.6 Å². The SMILES string of the molecule is CC.Cc1cccc(C)c1NC(=S)N/N=C/c1ccccc1. The topological polar surface area (TPSA) is 36.4 Å². The van der Waals surface area contributed by atoms with Crippen LogP contribution in [0, 0.1) is 13.8 Å². The summed E-state index contributed by atoms with van der Waals surface area (Å²) >= 11 is 5.23. The lowest BCUT2D eigenvalue weighted by molar-refractivity contribution is 1.05. The molecule has 2 aromatic rings. The Balaban J connectivity index is 0.00000116. The Morgan fingerprint density at radius 1 is 0.955 bits per heavy atom. The van der Waals surface area contributed by atoms with Crippen molar-refractivity contribution in [3.63, 3.8) is 0 Å². The maximum Gasteiger partial charge on any atom is 0.191 e. The fraction of sp³-hybridized carbons (Fsp3) is 0.222. The highest BCUT2D eigenvalue weighted by Gasteiger charge is 2.03. The number of rotatable bonds is 3. The zero-order valence-electron chi connectivity index (χ0n) is 13.6. The van der Waals surface area contributed by atoms with Crippen LogP contribution in [-0.2, 0) is 0 Å². The van der Waals surface area contributed by atoms with Gasteiger partial charge in [0.05, 0.1) is 6.21 Å². The van der Waals surface area contributed by atoms with Gasteiger partial charge in [-0.2, -0.15) is 5.10 Å². The van der Waals surface area contributed by atoms with Crippen molar-refractivity contribution >= 4 is 29.2 Å². The Bertz CT molecular complexity index is 601. The van der Waals surface area contributed by atoms with E-state index in [-0.39, 0.29) is 0 Å². The number of hydrogen-bond acceptors (Lipinski definition) is 2. The molecule has 0 spiro atoms. The molecule has 22 heavy (non-hydrogen) atoms. The maximum absolute atomic E-state index is 5.23. The van der Waals surface area contributed by atoms with E-state index in [9.17, 15) is 0 Å².